The van der Waals surface area contributed by atoms with Crippen molar-refractivity contribution in [1.82, 2.24) is 5.32 Å². The summed E-state index contributed by atoms with van der Waals surface area (Å²) in [6.45, 7) is 3.11. The van der Waals surface area contributed by atoms with E-state index in [9.17, 15) is 9.90 Å². The molecule has 0 amide bonds. The predicted molar refractivity (Wildman–Crippen MR) is 65.5 cm³/mol. The van der Waals surface area contributed by atoms with E-state index < -0.39 is 12.1 Å². The van der Waals surface area contributed by atoms with Crippen molar-refractivity contribution in [3.8, 4) is 0 Å². The van der Waals surface area contributed by atoms with E-state index in [1.54, 1.807) is 0 Å². The summed E-state index contributed by atoms with van der Waals surface area (Å²) in [5, 5.41) is 12.6. The van der Waals surface area contributed by atoms with Gasteiger partial charge in [0.1, 0.15) is 0 Å². The Morgan fingerprint density at radius 2 is 2.18 bits per heavy atom. The highest BCUT2D eigenvalue weighted by Crippen LogP contribution is 2.06. The average molecular weight is 237 g/mol. The minimum Gasteiger partial charge on any atom is -0.469 e. The number of carbonyl (C=O) groups excluding carboxylic acids is 1. The summed E-state index contributed by atoms with van der Waals surface area (Å²) in [7, 11) is 1.32. The number of hydrogen-bond donors (Lipinski definition) is 2. The van der Waals surface area contributed by atoms with Gasteiger partial charge in [0.05, 0.1) is 19.6 Å². The summed E-state index contributed by atoms with van der Waals surface area (Å²) in [5.41, 5.74) is 2.40. The molecule has 0 saturated carbocycles. The lowest BCUT2D eigenvalue weighted by molar-refractivity contribution is -0.142. The van der Waals surface area contributed by atoms with Crippen LogP contribution in [0, 0.1) is 6.92 Å². The Hall–Kier alpha value is -1.39. The van der Waals surface area contributed by atoms with E-state index in [4.69, 9.17) is 0 Å². The number of aliphatic hydroxyl groups is 1. The molecule has 0 spiro atoms. The van der Waals surface area contributed by atoms with Gasteiger partial charge in [0.2, 0.25) is 0 Å². The van der Waals surface area contributed by atoms with Crippen LogP contribution >= 0.6 is 0 Å². The lowest BCUT2D eigenvalue weighted by Crippen LogP contribution is -2.28. The Morgan fingerprint density at radius 1 is 1.47 bits per heavy atom. The van der Waals surface area contributed by atoms with Crippen LogP contribution in [0.4, 0.5) is 0 Å². The molecule has 1 rings (SSSR count). The van der Waals surface area contributed by atoms with Crippen LogP contribution < -0.4 is 5.32 Å². The van der Waals surface area contributed by atoms with E-state index in [2.05, 4.69) is 10.1 Å². The van der Waals surface area contributed by atoms with E-state index in [1.165, 1.54) is 18.2 Å². The second-order valence-corrected chi connectivity index (χ2v) is 3.99. The summed E-state index contributed by atoms with van der Waals surface area (Å²) in [4.78, 5) is 10.9. The molecule has 1 unspecified atom stereocenters. The van der Waals surface area contributed by atoms with Gasteiger partial charge in [0.15, 0.2) is 0 Å². The van der Waals surface area contributed by atoms with Crippen LogP contribution in [0.3, 0.4) is 0 Å². The first-order valence-electron chi connectivity index (χ1n) is 5.63. The van der Waals surface area contributed by atoms with Gasteiger partial charge < -0.3 is 15.2 Å². The Morgan fingerprint density at radius 3 is 2.82 bits per heavy atom. The molecule has 2 N–H and O–H groups in total. The van der Waals surface area contributed by atoms with Crippen LogP contribution in [0.5, 0.6) is 0 Å². The van der Waals surface area contributed by atoms with Gasteiger partial charge in [0.25, 0.3) is 0 Å². The fraction of sp³-hybridized carbons (Fsp3) is 0.462. The zero-order chi connectivity index (χ0) is 12.7. The Balaban J connectivity index is 2.28. The van der Waals surface area contributed by atoms with Crippen LogP contribution in [0.2, 0.25) is 0 Å². The molecule has 0 saturated heterocycles. The first kappa shape index (κ1) is 13.7. The average Bonchev–Trinajstić information content (AvgIpc) is 2.31. The smallest absolute Gasteiger partial charge is 0.308 e. The van der Waals surface area contributed by atoms with E-state index in [0.717, 1.165) is 0 Å². The summed E-state index contributed by atoms with van der Waals surface area (Å²) in [6, 6.07) is 8.05. The van der Waals surface area contributed by atoms with Crippen molar-refractivity contribution in [1.29, 1.82) is 0 Å². The highest BCUT2D eigenvalue weighted by atomic mass is 16.5. The summed E-state index contributed by atoms with van der Waals surface area (Å²) in [6.07, 6.45) is -0.677. The molecule has 1 atom stereocenters. The van der Waals surface area contributed by atoms with Crippen molar-refractivity contribution in [2.45, 2.75) is 26.0 Å². The van der Waals surface area contributed by atoms with Crippen LogP contribution in [-0.4, -0.2) is 30.8 Å². The molecule has 94 valence electrons. The van der Waals surface area contributed by atoms with Gasteiger partial charge in [-0.15, -0.1) is 0 Å². The SMILES string of the molecule is COC(=O)CC(O)CNCc1ccccc1C. The molecule has 1 aromatic carbocycles. The minimum absolute atomic E-state index is 0.0251. The molecular formula is C13H19NO3. The lowest BCUT2D eigenvalue weighted by Gasteiger charge is -2.11. The third-order valence-electron chi connectivity index (χ3n) is 2.59. The van der Waals surface area contributed by atoms with Crippen LogP contribution in [0.15, 0.2) is 24.3 Å². The molecule has 0 aliphatic heterocycles. The lowest BCUT2D eigenvalue weighted by atomic mass is 10.1. The quantitative estimate of drug-likeness (QED) is 0.725. The van der Waals surface area contributed by atoms with E-state index in [-0.39, 0.29) is 6.42 Å². The standard InChI is InChI=1S/C13H19NO3/c1-10-5-3-4-6-11(10)8-14-9-12(15)7-13(16)17-2/h3-6,12,14-15H,7-9H2,1-2H3. The molecule has 4 heteroatoms. The van der Waals surface area contributed by atoms with Crippen LogP contribution in [0.25, 0.3) is 0 Å². The second-order valence-electron chi connectivity index (χ2n) is 3.99. The van der Waals surface area contributed by atoms with E-state index in [1.807, 2.05) is 31.2 Å². The second kappa shape index (κ2) is 7.04. The molecule has 0 aliphatic rings. The maximum absolute atomic E-state index is 10.9. The Bertz CT molecular complexity index is 365. The van der Waals surface area contributed by atoms with E-state index in [0.29, 0.717) is 13.1 Å². The van der Waals surface area contributed by atoms with Crippen molar-refractivity contribution >= 4 is 5.97 Å². The van der Waals surface area contributed by atoms with Crippen LogP contribution in [-0.2, 0) is 16.1 Å². The first-order chi connectivity index (χ1) is 8.13. The summed E-state index contributed by atoms with van der Waals surface area (Å²) >= 11 is 0. The Kier molecular flexibility index (Phi) is 5.66. The number of aryl methyl sites for hydroxylation is 1. The summed E-state index contributed by atoms with van der Waals surface area (Å²) < 4.78 is 4.48. The molecule has 4 nitrogen and oxygen atoms in total. The predicted octanol–water partition coefficient (Wildman–Crippen LogP) is 1.01. The normalized spacial score (nSPS) is 12.2. The number of hydrogen-bond acceptors (Lipinski definition) is 4. The highest BCUT2D eigenvalue weighted by Gasteiger charge is 2.10. The number of ether oxygens (including phenoxy) is 1. The van der Waals surface area contributed by atoms with Gasteiger partial charge in [-0.05, 0) is 18.1 Å². The van der Waals surface area contributed by atoms with Crippen LogP contribution in [0.1, 0.15) is 17.5 Å². The highest BCUT2D eigenvalue weighted by molar-refractivity contribution is 5.69. The molecule has 1 aromatic rings. The number of esters is 1. The molecule has 0 radical (unpaired) electrons. The number of carbonyl (C=O) groups is 1. The zero-order valence-corrected chi connectivity index (χ0v) is 10.3. The van der Waals surface area contributed by atoms with E-state index >= 15 is 0 Å². The van der Waals surface area contributed by atoms with Gasteiger partial charge in [0, 0.05) is 13.1 Å². The maximum Gasteiger partial charge on any atom is 0.308 e. The molecular weight excluding hydrogens is 218 g/mol. The molecule has 0 bridgehead atoms. The van der Waals surface area contributed by atoms with Gasteiger partial charge in [-0.2, -0.15) is 0 Å². The maximum atomic E-state index is 10.9. The number of nitrogens with one attached hydrogen (secondary N) is 1. The van der Waals surface area contributed by atoms with Crippen molar-refractivity contribution in [2.75, 3.05) is 13.7 Å². The third kappa shape index (κ3) is 4.97. The number of benzene rings is 1. The van der Waals surface area contributed by atoms with Gasteiger partial charge in [-0.1, -0.05) is 24.3 Å². The largest absolute Gasteiger partial charge is 0.469 e. The summed E-state index contributed by atoms with van der Waals surface area (Å²) in [5.74, 6) is -0.393. The van der Waals surface area contributed by atoms with Crippen molar-refractivity contribution < 1.29 is 14.6 Å². The molecule has 0 fully saturated rings. The topological polar surface area (TPSA) is 58.6 Å². The van der Waals surface area contributed by atoms with Gasteiger partial charge in [-0.3, -0.25) is 4.79 Å². The van der Waals surface area contributed by atoms with Crippen molar-refractivity contribution in [3.63, 3.8) is 0 Å². The molecule has 0 aromatic heterocycles. The first-order valence-corrected chi connectivity index (χ1v) is 5.63. The number of methoxy groups -OCH3 is 1. The third-order valence-corrected chi connectivity index (χ3v) is 2.59. The van der Waals surface area contributed by atoms with Gasteiger partial charge >= 0.3 is 5.97 Å². The number of rotatable bonds is 6. The minimum atomic E-state index is -0.702. The molecule has 0 aliphatic carbocycles. The monoisotopic (exact) mass is 237 g/mol. The fourth-order valence-corrected chi connectivity index (χ4v) is 1.53. The Labute approximate surface area is 102 Å². The molecule has 0 heterocycles. The van der Waals surface area contributed by atoms with Crippen molar-refractivity contribution in [3.05, 3.63) is 35.4 Å². The van der Waals surface area contributed by atoms with Crippen molar-refractivity contribution in [2.24, 2.45) is 0 Å². The fourth-order valence-electron chi connectivity index (χ4n) is 1.53. The van der Waals surface area contributed by atoms with Gasteiger partial charge in [-0.25, -0.2) is 0 Å². The number of aliphatic hydroxyl groups excluding tert-OH is 1. The zero-order valence-electron chi connectivity index (χ0n) is 10.3. The molecule has 17 heavy (non-hydrogen) atoms.